The van der Waals surface area contributed by atoms with Crippen LogP contribution >= 0.6 is 11.6 Å². The number of sulfonamides is 1. The van der Waals surface area contributed by atoms with Gasteiger partial charge < -0.3 is 0 Å². The molecule has 0 spiro atoms. The van der Waals surface area contributed by atoms with Gasteiger partial charge in [-0.2, -0.15) is 4.72 Å². The Morgan fingerprint density at radius 2 is 1.29 bits per heavy atom. The molecule has 1 aliphatic rings. The topological polar surface area (TPSA) is 46.2 Å². The molecule has 0 saturated heterocycles. The molecule has 5 heteroatoms. The van der Waals surface area contributed by atoms with Crippen LogP contribution in [-0.2, 0) is 15.6 Å². The SMILES string of the molecule is Cc1ccc(S(=O)(=O)NC(c2ccccc2)(c2ccccc2)C2(Cl)CC2)cc1. The number of hydrogen-bond acceptors (Lipinski definition) is 2. The van der Waals surface area contributed by atoms with Gasteiger partial charge in [0, 0.05) is 0 Å². The van der Waals surface area contributed by atoms with E-state index in [1.54, 1.807) is 24.3 Å². The van der Waals surface area contributed by atoms with Crippen LogP contribution in [0.25, 0.3) is 0 Å². The smallest absolute Gasteiger partial charge is 0.207 e. The van der Waals surface area contributed by atoms with E-state index in [1.807, 2.05) is 67.6 Å². The molecule has 0 aliphatic heterocycles. The number of benzene rings is 3. The van der Waals surface area contributed by atoms with Crippen molar-refractivity contribution in [2.75, 3.05) is 0 Å². The van der Waals surface area contributed by atoms with Crippen molar-refractivity contribution < 1.29 is 8.42 Å². The molecular formula is C23H22ClNO2S. The van der Waals surface area contributed by atoms with Crippen LogP contribution in [0, 0.1) is 6.92 Å². The van der Waals surface area contributed by atoms with Crippen molar-refractivity contribution in [3.8, 4) is 0 Å². The van der Waals surface area contributed by atoms with Crippen LogP contribution in [0.4, 0.5) is 0 Å². The van der Waals surface area contributed by atoms with Gasteiger partial charge in [0.2, 0.25) is 10.0 Å². The average Bonchev–Trinajstić information content (AvgIpc) is 3.46. The number of nitrogens with one attached hydrogen (secondary N) is 1. The summed E-state index contributed by atoms with van der Waals surface area (Å²) < 4.78 is 29.8. The van der Waals surface area contributed by atoms with E-state index >= 15 is 0 Å². The molecule has 3 aromatic carbocycles. The largest absolute Gasteiger partial charge is 0.241 e. The lowest BCUT2D eigenvalue weighted by atomic mass is 9.79. The minimum Gasteiger partial charge on any atom is -0.207 e. The molecule has 144 valence electrons. The average molecular weight is 412 g/mol. The zero-order valence-corrected chi connectivity index (χ0v) is 17.2. The third kappa shape index (κ3) is 3.26. The van der Waals surface area contributed by atoms with Crippen LogP contribution in [0.15, 0.2) is 89.8 Å². The summed E-state index contributed by atoms with van der Waals surface area (Å²) in [6.45, 7) is 1.93. The zero-order chi connectivity index (χ0) is 19.8. The van der Waals surface area contributed by atoms with Crippen LogP contribution in [0.5, 0.6) is 0 Å². The van der Waals surface area contributed by atoms with Crippen LogP contribution in [0.2, 0.25) is 0 Å². The molecule has 3 aromatic rings. The van der Waals surface area contributed by atoms with Crippen molar-refractivity contribution in [2.24, 2.45) is 0 Å². The van der Waals surface area contributed by atoms with Gasteiger partial charge in [0.05, 0.1) is 9.77 Å². The third-order valence-corrected chi connectivity index (χ3v) is 7.52. The van der Waals surface area contributed by atoms with Gasteiger partial charge in [-0.25, -0.2) is 8.42 Å². The fraction of sp³-hybridized carbons (Fsp3) is 0.217. The molecule has 3 nitrogen and oxygen atoms in total. The highest BCUT2D eigenvalue weighted by atomic mass is 35.5. The summed E-state index contributed by atoms with van der Waals surface area (Å²) in [6, 6.07) is 26.1. The monoisotopic (exact) mass is 411 g/mol. The molecule has 0 atom stereocenters. The van der Waals surface area contributed by atoms with E-state index in [0.29, 0.717) is 0 Å². The quantitative estimate of drug-likeness (QED) is 0.581. The molecule has 0 bridgehead atoms. The molecule has 1 saturated carbocycles. The first-order valence-corrected chi connectivity index (χ1v) is 11.1. The van der Waals surface area contributed by atoms with Crippen molar-refractivity contribution in [2.45, 2.75) is 35.1 Å². The van der Waals surface area contributed by atoms with E-state index in [-0.39, 0.29) is 4.90 Å². The Bertz CT molecular complexity index is 1020. The minimum absolute atomic E-state index is 0.232. The van der Waals surface area contributed by atoms with Crippen molar-refractivity contribution in [3.63, 3.8) is 0 Å². The van der Waals surface area contributed by atoms with Crippen LogP contribution in [-0.4, -0.2) is 13.3 Å². The van der Waals surface area contributed by atoms with Gasteiger partial charge in [0.15, 0.2) is 0 Å². The maximum atomic E-state index is 13.4. The molecule has 0 radical (unpaired) electrons. The van der Waals surface area contributed by atoms with E-state index < -0.39 is 20.4 Å². The number of alkyl halides is 1. The maximum absolute atomic E-state index is 13.4. The summed E-state index contributed by atoms with van der Waals surface area (Å²) >= 11 is 7.03. The number of halogens is 1. The fourth-order valence-electron chi connectivity index (χ4n) is 3.73. The van der Waals surface area contributed by atoms with Crippen LogP contribution < -0.4 is 4.72 Å². The van der Waals surface area contributed by atoms with E-state index in [2.05, 4.69) is 4.72 Å². The lowest BCUT2D eigenvalue weighted by Crippen LogP contribution is -2.54. The first kappa shape index (κ1) is 19.2. The summed E-state index contributed by atoms with van der Waals surface area (Å²) in [5.74, 6) is 0. The standard InChI is InChI=1S/C23H22ClNO2S/c1-18-12-14-21(15-13-18)28(26,27)25-23(22(24)16-17-22,19-8-4-2-5-9-19)20-10-6-3-7-11-20/h2-15,25H,16-17H2,1H3. The lowest BCUT2D eigenvalue weighted by molar-refractivity contribution is 0.432. The molecule has 1 N–H and O–H groups in total. The highest BCUT2D eigenvalue weighted by Gasteiger charge is 2.61. The fourth-order valence-corrected chi connectivity index (χ4v) is 5.59. The van der Waals surface area contributed by atoms with Gasteiger partial charge in [-0.1, -0.05) is 78.4 Å². The Morgan fingerprint density at radius 1 is 0.821 bits per heavy atom. The van der Waals surface area contributed by atoms with Crippen molar-refractivity contribution in [1.82, 2.24) is 4.72 Å². The van der Waals surface area contributed by atoms with Crippen molar-refractivity contribution in [1.29, 1.82) is 0 Å². The molecule has 0 unspecified atom stereocenters. The normalized spacial score (nSPS) is 15.9. The molecule has 0 amide bonds. The van der Waals surface area contributed by atoms with Gasteiger partial charge in [0.25, 0.3) is 0 Å². The molecule has 4 rings (SSSR count). The Hall–Kier alpha value is -2.14. The van der Waals surface area contributed by atoms with Crippen molar-refractivity contribution in [3.05, 3.63) is 102 Å². The third-order valence-electron chi connectivity index (χ3n) is 5.39. The molecule has 0 heterocycles. The maximum Gasteiger partial charge on any atom is 0.241 e. The molecular weight excluding hydrogens is 390 g/mol. The lowest BCUT2D eigenvalue weighted by Gasteiger charge is -2.40. The second-order valence-corrected chi connectivity index (χ2v) is 9.77. The Labute approximate surface area is 171 Å². The van der Waals surface area contributed by atoms with Crippen molar-refractivity contribution >= 4 is 21.6 Å². The minimum atomic E-state index is -3.81. The summed E-state index contributed by atoms with van der Waals surface area (Å²) in [7, 11) is -3.81. The molecule has 0 aromatic heterocycles. The van der Waals surface area contributed by atoms with Gasteiger partial charge in [-0.3, -0.25) is 0 Å². The Balaban J connectivity index is 1.92. The highest BCUT2D eigenvalue weighted by molar-refractivity contribution is 7.89. The van der Waals surface area contributed by atoms with Gasteiger partial charge in [0.1, 0.15) is 5.54 Å². The van der Waals surface area contributed by atoms with Gasteiger partial charge >= 0.3 is 0 Å². The summed E-state index contributed by atoms with van der Waals surface area (Å²) in [6.07, 6.45) is 1.46. The number of rotatable bonds is 6. The van der Waals surface area contributed by atoms with Crippen LogP contribution in [0.1, 0.15) is 29.5 Å². The second-order valence-electron chi connectivity index (χ2n) is 7.37. The molecule has 1 aliphatic carbocycles. The first-order valence-electron chi connectivity index (χ1n) is 9.28. The Morgan fingerprint density at radius 3 is 1.71 bits per heavy atom. The van der Waals surface area contributed by atoms with E-state index in [0.717, 1.165) is 29.5 Å². The first-order chi connectivity index (χ1) is 13.4. The number of aryl methyl sites for hydroxylation is 1. The molecule has 1 fully saturated rings. The zero-order valence-electron chi connectivity index (χ0n) is 15.6. The van der Waals surface area contributed by atoms with Crippen LogP contribution in [0.3, 0.4) is 0 Å². The summed E-state index contributed by atoms with van der Waals surface area (Å²) in [4.78, 5) is -0.483. The summed E-state index contributed by atoms with van der Waals surface area (Å²) in [5, 5.41) is 0. The van der Waals surface area contributed by atoms with E-state index in [9.17, 15) is 8.42 Å². The van der Waals surface area contributed by atoms with Gasteiger partial charge in [-0.05, 0) is 43.0 Å². The van der Waals surface area contributed by atoms with Gasteiger partial charge in [-0.15, -0.1) is 11.6 Å². The predicted molar refractivity (Wildman–Crippen MR) is 113 cm³/mol. The molecule has 28 heavy (non-hydrogen) atoms. The second kappa shape index (κ2) is 7.03. The predicted octanol–water partition coefficient (Wildman–Crippen LogP) is 4.99. The van der Waals surface area contributed by atoms with E-state index in [4.69, 9.17) is 11.6 Å². The summed E-state index contributed by atoms with van der Waals surface area (Å²) in [5.41, 5.74) is 1.63. The number of hydrogen-bond donors (Lipinski definition) is 1. The van der Waals surface area contributed by atoms with E-state index in [1.165, 1.54) is 0 Å². The Kier molecular flexibility index (Phi) is 4.82. The highest BCUT2D eigenvalue weighted by Crippen LogP contribution is 2.58.